The third kappa shape index (κ3) is 3.97. The van der Waals surface area contributed by atoms with Gasteiger partial charge in [-0.3, -0.25) is 4.98 Å². The molecule has 2 fully saturated rings. The van der Waals surface area contributed by atoms with Crippen molar-refractivity contribution < 1.29 is 13.2 Å². The number of carbonyl (C=O) groups is 1. The van der Waals surface area contributed by atoms with Crippen molar-refractivity contribution >= 4 is 15.9 Å². The summed E-state index contributed by atoms with van der Waals surface area (Å²) in [5, 5.41) is 2.90. The summed E-state index contributed by atoms with van der Waals surface area (Å²) in [6.07, 6.45) is 4.42. The molecule has 1 aromatic rings. The van der Waals surface area contributed by atoms with Crippen LogP contribution in [0.1, 0.15) is 25.0 Å². The van der Waals surface area contributed by atoms with Crippen LogP contribution in [0.2, 0.25) is 0 Å². The van der Waals surface area contributed by atoms with Gasteiger partial charge in [-0.15, -0.1) is 0 Å². The van der Waals surface area contributed by atoms with Gasteiger partial charge >= 0.3 is 6.03 Å². The molecule has 22 heavy (non-hydrogen) atoms. The van der Waals surface area contributed by atoms with Crippen molar-refractivity contribution in [2.24, 2.45) is 5.92 Å². The molecule has 1 aliphatic carbocycles. The zero-order chi connectivity index (χ0) is 15.6. The molecule has 0 radical (unpaired) electrons. The van der Waals surface area contributed by atoms with Crippen molar-refractivity contribution in [2.45, 2.75) is 31.8 Å². The summed E-state index contributed by atoms with van der Waals surface area (Å²) >= 11 is 0. The minimum atomic E-state index is -2.89. The number of pyridine rings is 1. The highest BCUT2D eigenvalue weighted by Crippen LogP contribution is 2.28. The Kier molecular flexibility index (Phi) is 4.33. The van der Waals surface area contributed by atoms with Crippen LogP contribution in [0.4, 0.5) is 4.79 Å². The minimum Gasteiger partial charge on any atom is -0.338 e. The average molecular weight is 323 g/mol. The highest BCUT2D eigenvalue weighted by Gasteiger charge is 2.34. The lowest BCUT2D eigenvalue weighted by molar-refractivity contribution is 0.190. The minimum absolute atomic E-state index is 0.0462. The Balaban J connectivity index is 1.54. The molecule has 1 aliphatic heterocycles. The first kappa shape index (κ1) is 15.3. The van der Waals surface area contributed by atoms with Gasteiger partial charge in [0, 0.05) is 18.8 Å². The van der Waals surface area contributed by atoms with Gasteiger partial charge in [0.05, 0.1) is 23.7 Å². The van der Waals surface area contributed by atoms with Gasteiger partial charge in [0.1, 0.15) is 0 Å². The van der Waals surface area contributed by atoms with Gasteiger partial charge in [0.15, 0.2) is 9.84 Å². The number of aromatic nitrogens is 1. The van der Waals surface area contributed by atoms with Gasteiger partial charge in [-0.2, -0.15) is 0 Å². The summed E-state index contributed by atoms with van der Waals surface area (Å²) in [4.78, 5) is 18.5. The van der Waals surface area contributed by atoms with Crippen LogP contribution in [0.15, 0.2) is 24.4 Å². The number of carbonyl (C=O) groups excluding carboxylic acids is 1. The van der Waals surface area contributed by atoms with Crippen molar-refractivity contribution in [2.75, 3.05) is 18.1 Å². The SMILES string of the molecule is O=C(NC[C@H]1CCS(=O)(=O)C1)N(Cc1ccccn1)C1CC1. The average Bonchev–Trinajstić information content (AvgIpc) is 3.27. The fourth-order valence-corrected chi connectivity index (χ4v) is 4.65. The lowest BCUT2D eigenvalue weighted by Crippen LogP contribution is -2.43. The Morgan fingerprint density at radius 1 is 1.32 bits per heavy atom. The Morgan fingerprint density at radius 2 is 2.14 bits per heavy atom. The lowest BCUT2D eigenvalue weighted by atomic mass is 10.1. The maximum Gasteiger partial charge on any atom is 0.318 e. The highest BCUT2D eigenvalue weighted by atomic mass is 32.2. The molecule has 0 unspecified atom stereocenters. The number of amides is 2. The third-order valence-electron chi connectivity index (χ3n) is 4.18. The molecule has 1 saturated heterocycles. The molecule has 1 aromatic heterocycles. The summed E-state index contributed by atoms with van der Waals surface area (Å²) in [5.41, 5.74) is 0.869. The molecular formula is C15H21N3O3S. The van der Waals surface area contributed by atoms with Crippen LogP contribution in [-0.4, -0.2) is 48.4 Å². The van der Waals surface area contributed by atoms with Gasteiger partial charge in [0.2, 0.25) is 0 Å². The van der Waals surface area contributed by atoms with Crippen molar-refractivity contribution in [1.82, 2.24) is 15.2 Å². The highest BCUT2D eigenvalue weighted by molar-refractivity contribution is 7.91. The molecule has 7 heteroatoms. The summed E-state index contributed by atoms with van der Waals surface area (Å²) in [7, 11) is -2.89. The number of nitrogens with one attached hydrogen (secondary N) is 1. The Labute approximate surface area is 130 Å². The molecule has 2 aliphatic rings. The maximum absolute atomic E-state index is 12.4. The molecule has 0 aromatic carbocycles. The Hall–Kier alpha value is -1.63. The summed E-state index contributed by atoms with van der Waals surface area (Å²) in [5.74, 6) is 0.481. The van der Waals surface area contributed by atoms with Gasteiger partial charge in [0.25, 0.3) is 0 Å². The second kappa shape index (κ2) is 6.24. The molecule has 1 N–H and O–H groups in total. The van der Waals surface area contributed by atoms with Crippen LogP contribution in [0.3, 0.4) is 0 Å². The van der Waals surface area contributed by atoms with E-state index in [1.807, 2.05) is 23.1 Å². The number of hydrogen-bond acceptors (Lipinski definition) is 4. The van der Waals surface area contributed by atoms with Crippen LogP contribution >= 0.6 is 0 Å². The van der Waals surface area contributed by atoms with E-state index >= 15 is 0 Å². The van der Waals surface area contributed by atoms with E-state index in [4.69, 9.17) is 0 Å². The number of hydrogen-bond donors (Lipinski definition) is 1. The number of sulfone groups is 1. The second-order valence-electron chi connectivity index (χ2n) is 6.14. The first-order chi connectivity index (χ1) is 10.5. The smallest absolute Gasteiger partial charge is 0.318 e. The molecular weight excluding hydrogens is 302 g/mol. The van der Waals surface area contributed by atoms with Crippen molar-refractivity contribution in [3.63, 3.8) is 0 Å². The van der Waals surface area contributed by atoms with E-state index < -0.39 is 9.84 Å². The summed E-state index contributed by atoms with van der Waals surface area (Å²) in [6, 6.07) is 5.85. The van der Waals surface area contributed by atoms with Crippen LogP contribution in [-0.2, 0) is 16.4 Å². The fraction of sp³-hybridized carbons (Fsp3) is 0.600. The van der Waals surface area contributed by atoms with E-state index in [0.717, 1.165) is 18.5 Å². The van der Waals surface area contributed by atoms with Gasteiger partial charge in [-0.25, -0.2) is 13.2 Å². The van der Waals surface area contributed by atoms with E-state index in [1.165, 1.54) is 0 Å². The quantitative estimate of drug-likeness (QED) is 0.883. The van der Waals surface area contributed by atoms with Crippen molar-refractivity contribution in [1.29, 1.82) is 0 Å². The van der Waals surface area contributed by atoms with E-state index in [2.05, 4.69) is 10.3 Å². The topological polar surface area (TPSA) is 79.4 Å². The van der Waals surface area contributed by atoms with Crippen LogP contribution in [0.5, 0.6) is 0 Å². The van der Waals surface area contributed by atoms with E-state index in [1.54, 1.807) is 6.20 Å². The lowest BCUT2D eigenvalue weighted by Gasteiger charge is -2.23. The maximum atomic E-state index is 12.4. The molecule has 0 bridgehead atoms. The first-order valence-corrected chi connectivity index (χ1v) is 9.50. The van der Waals surface area contributed by atoms with Crippen LogP contribution in [0, 0.1) is 5.92 Å². The van der Waals surface area contributed by atoms with Gasteiger partial charge < -0.3 is 10.2 Å². The van der Waals surface area contributed by atoms with Crippen molar-refractivity contribution in [3.05, 3.63) is 30.1 Å². The van der Waals surface area contributed by atoms with E-state index in [9.17, 15) is 13.2 Å². The molecule has 0 spiro atoms. The molecule has 3 rings (SSSR count). The fourth-order valence-electron chi connectivity index (χ4n) is 2.79. The van der Waals surface area contributed by atoms with Gasteiger partial charge in [-0.1, -0.05) is 6.07 Å². The summed E-state index contributed by atoms with van der Waals surface area (Å²) in [6.45, 7) is 0.934. The monoisotopic (exact) mass is 323 g/mol. The molecule has 1 atom stereocenters. The van der Waals surface area contributed by atoms with E-state index in [-0.39, 0.29) is 29.5 Å². The van der Waals surface area contributed by atoms with E-state index in [0.29, 0.717) is 19.5 Å². The predicted molar refractivity (Wildman–Crippen MR) is 83.0 cm³/mol. The second-order valence-corrected chi connectivity index (χ2v) is 8.36. The number of rotatable bonds is 5. The zero-order valence-corrected chi connectivity index (χ0v) is 13.3. The molecule has 2 heterocycles. The molecule has 2 amide bonds. The standard InChI is InChI=1S/C15H21N3O3S/c19-15(17-9-12-6-8-22(20,21)11-12)18(14-4-5-14)10-13-3-1-2-7-16-13/h1-3,7,12,14H,4-6,8-11H2,(H,17,19)/t12-/m1/s1. The van der Waals surface area contributed by atoms with Gasteiger partial charge in [-0.05, 0) is 37.3 Å². The molecule has 120 valence electrons. The molecule has 6 nitrogen and oxygen atoms in total. The van der Waals surface area contributed by atoms with Crippen LogP contribution < -0.4 is 5.32 Å². The van der Waals surface area contributed by atoms with Crippen molar-refractivity contribution in [3.8, 4) is 0 Å². The normalized spacial score (nSPS) is 23.2. The third-order valence-corrected chi connectivity index (χ3v) is 6.01. The molecule has 1 saturated carbocycles. The Morgan fingerprint density at radius 3 is 2.73 bits per heavy atom. The largest absolute Gasteiger partial charge is 0.338 e. The Bertz CT molecular complexity index is 629. The first-order valence-electron chi connectivity index (χ1n) is 7.68. The number of nitrogens with zero attached hydrogens (tertiary/aromatic N) is 2. The predicted octanol–water partition coefficient (Wildman–Crippen LogP) is 1.19. The number of urea groups is 1. The van der Waals surface area contributed by atoms with Crippen LogP contribution in [0.25, 0.3) is 0 Å². The zero-order valence-electron chi connectivity index (χ0n) is 12.4. The summed E-state index contributed by atoms with van der Waals surface area (Å²) < 4.78 is 22.9.